The molecule has 1 aromatic rings. The van der Waals surface area contributed by atoms with Gasteiger partial charge in [0, 0.05) is 12.5 Å². The van der Waals surface area contributed by atoms with Gasteiger partial charge >= 0.3 is 0 Å². The van der Waals surface area contributed by atoms with Crippen LogP contribution in [0.5, 0.6) is 5.88 Å². The zero-order valence-electron chi connectivity index (χ0n) is 8.16. The molecule has 1 rings (SSSR count). The third-order valence-electron chi connectivity index (χ3n) is 1.55. The zero-order valence-corrected chi connectivity index (χ0v) is 8.16. The van der Waals surface area contributed by atoms with Crippen LogP contribution < -0.4 is 10.5 Å². The number of rotatable bonds is 4. The predicted octanol–water partition coefficient (Wildman–Crippen LogP) is 1.02. The summed E-state index contributed by atoms with van der Waals surface area (Å²) < 4.78 is 5.16. The molecule has 0 aliphatic carbocycles. The molecular formula is C10H13N3O. The smallest absolute Gasteiger partial charge is 0.219 e. The van der Waals surface area contributed by atoms with Crippen LogP contribution in [0.3, 0.4) is 0 Å². The maximum Gasteiger partial charge on any atom is 0.219 e. The van der Waals surface area contributed by atoms with E-state index in [1.807, 2.05) is 0 Å². The summed E-state index contributed by atoms with van der Waals surface area (Å²) in [5.41, 5.74) is 5.58. The maximum absolute atomic E-state index is 5.58. The van der Waals surface area contributed by atoms with Gasteiger partial charge in [-0.15, -0.1) is 6.42 Å². The summed E-state index contributed by atoms with van der Waals surface area (Å²) in [5.74, 6) is 3.91. The van der Waals surface area contributed by atoms with Crippen LogP contribution in [0.15, 0.2) is 6.07 Å². The van der Waals surface area contributed by atoms with Gasteiger partial charge in [0.15, 0.2) is 6.61 Å². The molecule has 74 valence electrons. The van der Waals surface area contributed by atoms with Crippen molar-refractivity contribution in [3.63, 3.8) is 0 Å². The molecule has 2 N–H and O–H groups in total. The zero-order chi connectivity index (χ0) is 10.4. The van der Waals surface area contributed by atoms with Crippen molar-refractivity contribution in [2.24, 2.45) is 0 Å². The lowest BCUT2D eigenvalue weighted by molar-refractivity contribution is 0.353. The highest BCUT2D eigenvalue weighted by Gasteiger charge is 2.02. The molecule has 0 radical (unpaired) electrons. The fourth-order valence-electron chi connectivity index (χ4n) is 1.02. The Bertz CT molecular complexity index is 344. The first kappa shape index (κ1) is 10.3. The quantitative estimate of drug-likeness (QED) is 0.722. The fraction of sp³-hybridized carbons (Fsp3) is 0.400. The predicted molar refractivity (Wildman–Crippen MR) is 54.8 cm³/mol. The number of aryl methyl sites for hydroxylation is 1. The number of hydrogen-bond donors (Lipinski definition) is 1. The van der Waals surface area contributed by atoms with E-state index in [1.165, 1.54) is 0 Å². The molecule has 1 aromatic heterocycles. The van der Waals surface area contributed by atoms with Crippen LogP contribution in [0.4, 0.5) is 5.82 Å². The molecule has 0 spiro atoms. The van der Waals surface area contributed by atoms with Crippen LogP contribution in [0.2, 0.25) is 0 Å². The number of hydrogen-bond acceptors (Lipinski definition) is 4. The first-order valence-electron chi connectivity index (χ1n) is 4.46. The summed E-state index contributed by atoms with van der Waals surface area (Å²) in [6, 6.07) is 1.57. The van der Waals surface area contributed by atoms with E-state index in [0.29, 0.717) is 17.5 Å². The maximum atomic E-state index is 5.58. The van der Waals surface area contributed by atoms with Gasteiger partial charge in [-0.2, -0.15) is 4.98 Å². The Labute approximate surface area is 83.5 Å². The molecule has 0 saturated carbocycles. The summed E-state index contributed by atoms with van der Waals surface area (Å²) in [7, 11) is 0. The summed E-state index contributed by atoms with van der Waals surface area (Å²) in [6.45, 7) is 2.25. The van der Waals surface area contributed by atoms with Gasteiger partial charge < -0.3 is 10.5 Å². The normalized spacial score (nSPS) is 9.43. The number of nitrogens with two attached hydrogens (primary N) is 1. The Morgan fingerprint density at radius 1 is 1.57 bits per heavy atom. The van der Waals surface area contributed by atoms with Crippen molar-refractivity contribution in [3.8, 4) is 18.2 Å². The molecule has 4 heteroatoms. The van der Waals surface area contributed by atoms with Crippen molar-refractivity contribution >= 4 is 5.82 Å². The van der Waals surface area contributed by atoms with Crippen LogP contribution >= 0.6 is 0 Å². The Kier molecular flexibility index (Phi) is 3.74. The van der Waals surface area contributed by atoms with Crippen molar-refractivity contribution in [3.05, 3.63) is 11.9 Å². The topological polar surface area (TPSA) is 61.0 Å². The van der Waals surface area contributed by atoms with Crippen molar-refractivity contribution in [2.75, 3.05) is 12.3 Å². The van der Waals surface area contributed by atoms with Crippen LogP contribution in [0.25, 0.3) is 0 Å². The van der Waals surface area contributed by atoms with E-state index in [9.17, 15) is 0 Å². The molecule has 14 heavy (non-hydrogen) atoms. The molecular weight excluding hydrogens is 178 g/mol. The Hall–Kier alpha value is -1.76. The van der Waals surface area contributed by atoms with Crippen LogP contribution in [-0.2, 0) is 6.42 Å². The molecule has 0 aromatic carbocycles. The van der Waals surface area contributed by atoms with Crippen molar-refractivity contribution in [2.45, 2.75) is 19.8 Å². The van der Waals surface area contributed by atoms with E-state index in [-0.39, 0.29) is 6.61 Å². The number of ether oxygens (including phenoxy) is 1. The number of terminal acetylenes is 1. The van der Waals surface area contributed by atoms with Crippen molar-refractivity contribution < 1.29 is 4.74 Å². The lowest BCUT2D eigenvalue weighted by Crippen LogP contribution is -2.03. The van der Waals surface area contributed by atoms with E-state index < -0.39 is 0 Å². The Balaban J connectivity index is 2.79. The van der Waals surface area contributed by atoms with Crippen LogP contribution in [0.1, 0.15) is 19.2 Å². The first-order valence-corrected chi connectivity index (χ1v) is 4.46. The van der Waals surface area contributed by atoms with Gasteiger partial charge in [-0.3, -0.25) is 0 Å². The second-order valence-corrected chi connectivity index (χ2v) is 2.79. The van der Waals surface area contributed by atoms with Crippen LogP contribution in [-0.4, -0.2) is 16.6 Å². The van der Waals surface area contributed by atoms with Gasteiger partial charge in [-0.25, -0.2) is 4.98 Å². The molecule has 1 heterocycles. The highest BCUT2D eigenvalue weighted by atomic mass is 16.5. The Morgan fingerprint density at radius 3 is 3.00 bits per heavy atom. The number of nitrogens with zero attached hydrogens (tertiary/aromatic N) is 2. The number of anilines is 1. The molecule has 0 atom stereocenters. The summed E-state index contributed by atoms with van der Waals surface area (Å²) in [5, 5.41) is 0. The van der Waals surface area contributed by atoms with Gasteiger partial charge in [-0.05, 0) is 6.42 Å². The molecule has 4 nitrogen and oxygen atoms in total. The summed E-state index contributed by atoms with van der Waals surface area (Å²) in [6.07, 6.45) is 6.82. The lowest BCUT2D eigenvalue weighted by atomic mass is 10.3. The van der Waals surface area contributed by atoms with Crippen molar-refractivity contribution in [1.82, 2.24) is 9.97 Å². The van der Waals surface area contributed by atoms with Gasteiger partial charge in [0.2, 0.25) is 5.88 Å². The van der Waals surface area contributed by atoms with E-state index in [2.05, 4.69) is 22.8 Å². The van der Waals surface area contributed by atoms with Crippen LogP contribution in [0, 0.1) is 12.3 Å². The van der Waals surface area contributed by atoms with Gasteiger partial charge in [0.1, 0.15) is 11.6 Å². The minimum atomic E-state index is 0.196. The second-order valence-electron chi connectivity index (χ2n) is 2.79. The van der Waals surface area contributed by atoms with E-state index in [4.69, 9.17) is 16.9 Å². The molecule has 0 bridgehead atoms. The van der Waals surface area contributed by atoms with E-state index >= 15 is 0 Å². The largest absolute Gasteiger partial charge is 0.464 e. The molecule has 0 amide bonds. The number of aromatic nitrogens is 2. The minimum absolute atomic E-state index is 0.196. The molecule has 0 saturated heterocycles. The Morgan fingerprint density at radius 2 is 2.36 bits per heavy atom. The average Bonchev–Trinajstić information content (AvgIpc) is 2.14. The van der Waals surface area contributed by atoms with E-state index in [0.717, 1.165) is 12.8 Å². The molecule has 0 aliphatic rings. The second kappa shape index (κ2) is 5.07. The lowest BCUT2D eigenvalue weighted by Gasteiger charge is -2.04. The fourth-order valence-corrected chi connectivity index (χ4v) is 1.02. The molecule has 0 unspecified atom stereocenters. The first-order chi connectivity index (χ1) is 6.76. The third kappa shape index (κ3) is 2.94. The molecule has 0 fully saturated rings. The highest BCUT2D eigenvalue weighted by Crippen LogP contribution is 2.11. The third-order valence-corrected chi connectivity index (χ3v) is 1.55. The van der Waals surface area contributed by atoms with Gasteiger partial charge in [-0.1, -0.05) is 12.8 Å². The standard InChI is InChI=1S/C10H13N3O/c1-3-5-9-12-8(11)7-10(13-9)14-6-4-2/h2,7H,3,5-6H2,1H3,(H2,11,12,13). The highest BCUT2D eigenvalue weighted by molar-refractivity contribution is 5.33. The molecule has 0 aliphatic heterocycles. The SMILES string of the molecule is C#CCOc1cc(N)nc(CCC)n1. The summed E-state index contributed by atoms with van der Waals surface area (Å²) >= 11 is 0. The van der Waals surface area contributed by atoms with Gasteiger partial charge in [0.05, 0.1) is 0 Å². The van der Waals surface area contributed by atoms with Gasteiger partial charge in [0.25, 0.3) is 0 Å². The number of nitrogen functional groups attached to an aromatic ring is 1. The summed E-state index contributed by atoms with van der Waals surface area (Å²) in [4.78, 5) is 8.22. The monoisotopic (exact) mass is 191 g/mol. The van der Waals surface area contributed by atoms with E-state index in [1.54, 1.807) is 6.07 Å². The van der Waals surface area contributed by atoms with Crippen molar-refractivity contribution in [1.29, 1.82) is 0 Å². The minimum Gasteiger partial charge on any atom is -0.464 e. The average molecular weight is 191 g/mol.